The van der Waals surface area contributed by atoms with E-state index in [0.29, 0.717) is 37.3 Å². The van der Waals surface area contributed by atoms with Gasteiger partial charge in [-0.3, -0.25) is 14.5 Å². The lowest BCUT2D eigenvalue weighted by molar-refractivity contribution is -0.135. The molecule has 0 unspecified atom stereocenters. The number of benzene rings is 1. The first-order chi connectivity index (χ1) is 13.5. The maximum Gasteiger partial charge on any atom is 0.325 e. The summed E-state index contributed by atoms with van der Waals surface area (Å²) in [6.45, 7) is 0.140. The average molecular weight is 389 g/mol. The van der Waals surface area contributed by atoms with Crippen LogP contribution in [0.5, 0.6) is 11.5 Å². The maximum absolute atomic E-state index is 12.7. The van der Waals surface area contributed by atoms with Crippen molar-refractivity contribution in [3.63, 3.8) is 0 Å². The van der Waals surface area contributed by atoms with Crippen molar-refractivity contribution in [1.82, 2.24) is 15.5 Å². The van der Waals surface area contributed by atoms with Crippen molar-refractivity contribution in [1.29, 1.82) is 0 Å². The van der Waals surface area contributed by atoms with Gasteiger partial charge in [-0.2, -0.15) is 0 Å². The molecule has 1 aliphatic heterocycles. The normalized spacial score (nSPS) is 18.1. The SMILES string of the molecule is COc1ccc(CCNC(=O)CN2C(=O)NC3(CCCCC3)C2=O)cc1OC. The highest BCUT2D eigenvalue weighted by Crippen LogP contribution is 2.33. The maximum atomic E-state index is 12.7. The van der Waals surface area contributed by atoms with Gasteiger partial charge in [-0.25, -0.2) is 4.79 Å². The second kappa shape index (κ2) is 8.50. The number of carbonyl (C=O) groups is 3. The van der Waals surface area contributed by atoms with Gasteiger partial charge < -0.3 is 20.1 Å². The van der Waals surface area contributed by atoms with Gasteiger partial charge in [-0.15, -0.1) is 0 Å². The first kappa shape index (κ1) is 20.0. The number of rotatable bonds is 7. The van der Waals surface area contributed by atoms with E-state index >= 15 is 0 Å². The Morgan fingerprint density at radius 2 is 1.86 bits per heavy atom. The molecule has 152 valence electrons. The molecule has 1 aliphatic carbocycles. The summed E-state index contributed by atoms with van der Waals surface area (Å²) in [5, 5.41) is 5.58. The Hall–Kier alpha value is -2.77. The quantitative estimate of drug-likeness (QED) is 0.691. The molecule has 1 spiro atoms. The predicted molar refractivity (Wildman–Crippen MR) is 102 cm³/mol. The number of methoxy groups -OCH3 is 2. The van der Waals surface area contributed by atoms with Crippen LogP contribution in [0.15, 0.2) is 18.2 Å². The molecule has 2 aliphatic rings. The topological polar surface area (TPSA) is 97.0 Å². The summed E-state index contributed by atoms with van der Waals surface area (Å²) >= 11 is 0. The van der Waals surface area contributed by atoms with Crippen LogP contribution in [0.25, 0.3) is 0 Å². The number of hydrogen-bond acceptors (Lipinski definition) is 5. The third kappa shape index (κ3) is 4.05. The van der Waals surface area contributed by atoms with Gasteiger partial charge >= 0.3 is 6.03 Å². The van der Waals surface area contributed by atoms with Crippen LogP contribution in [0, 0.1) is 0 Å². The standard InChI is InChI=1S/C20H27N3O5/c1-27-15-7-6-14(12-16(15)28-2)8-11-21-17(24)13-23-18(25)20(22-19(23)26)9-4-3-5-10-20/h6-7,12H,3-5,8-11,13H2,1-2H3,(H,21,24)(H,22,26). The molecule has 0 radical (unpaired) electrons. The fraction of sp³-hybridized carbons (Fsp3) is 0.550. The molecule has 0 atom stereocenters. The molecular formula is C20H27N3O5. The van der Waals surface area contributed by atoms with Gasteiger partial charge in [0.2, 0.25) is 5.91 Å². The van der Waals surface area contributed by atoms with E-state index in [2.05, 4.69) is 10.6 Å². The highest BCUT2D eigenvalue weighted by atomic mass is 16.5. The number of carbonyl (C=O) groups excluding carboxylic acids is 3. The van der Waals surface area contributed by atoms with E-state index in [4.69, 9.17) is 9.47 Å². The van der Waals surface area contributed by atoms with E-state index < -0.39 is 11.6 Å². The molecule has 0 bridgehead atoms. The second-order valence-electron chi connectivity index (χ2n) is 7.25. The summed E-state index contributed by atoms with van der Waals surface area (Å²) in [5.74, 6) is 0.651. The van der Waals surface area contributed by atoms with Crippen LogP contribution in [-0.2, 0) is 16.0 Å². The molecule has 1 saturated carbocycles. The summed E-state index contributed by atoms with van der Waals surface area (Å²) < 4.78 is 10.5. The highest BCUT2D eigenvalue weighted by Gasteiger charge is 2.51. The van der Waals surface area contributed by atoms with Gasteiger partial charge in [0.05, 0.1) is 14.2 Å². The van der Waals surface area contributed by atoms with Crippen molar-refractivity contribution < 1.29 is 23.9 Å². The molecule has 8 heteroatoms. The van der Waals surface area contributed by atoms with Gasteiger partial charge in [-0.1, -0.05) is 25.3 Å². The highest BCUT2D eigenvalue weighted by molar-refractivity contribution is 6.09. The molecule has 1 aromatic rings. The Bertz CT molecular complexity index is 758. The Balaban J connectivity index is 1.51. The minimum Gasteiger partial charge on any atom is -0.493 e. The zero-order chi connectivity index (χ0) is 20.1. The van der Waals surface area contributed by atoms with E-state index in [1.165, 1.54) is 0 Å². The van der Waals surface area contributed by atoms with Crippen LogP contribution in [0.4, 0.5) is 4.79 Å². The van der Waals surface area contributed by atoms with E-state index in [0.717, 1.165) is 29.7 Å². The number of imide groups is 1. The molecule has 0 aromatic heterocycles. The summed E-state index contributed by atoms with van der Waals surface area (Å²) in [6.07, 6.45) is 4.79. The fourth-order valence-electron chi connectivity index (χ4n) is 3.90. The van der Waals surface area contributed by atoms with Gasteiger partial charge in [0, 0.05) is 6.54 Å². The van der Waals surface area contributed by atoms with Crippen LogP contribution in [0.1, 0.15) is 37.7 Å². The predicted octanol–water partition coefficient (Wildman–Crippen LogP) is 1.62. The molecule has 1 saturated heterocycles. The van der Waals surface area contributed by atoms with Crippen LogP contribution in [-0.4, -0.2) is 55.6 Å². The lowest BCUT2D eigenvalue weighted by Gasteiger charge is -2.30. The van der Waals surface area contributed by atoms with Crippen LogP contribution in [0.3, 0.4) is 0 Å². The van der Waals surface area contributed by atoms with Crippen molar-refractivity contribution in [3.8, 4) is 11.5 Å². The molecular weight excluding hydrogens is 362 g/mol. The summed E-state index contributed by atoms with van der Waals surface area (Å²) in [5.41, 5.74) is 0.184. The van der Waals surface area contributed by atoms with Crippen molar-refractivity contribution in [3.05, 3.63) is 23.8 Å². The number of nitrogens with zero attached hydrogens (tertiary/aromatic N) is 1. The van der Waals surface area contributed by atoms with Gasteiger partial charge in [0.25, 0.3) is 5.91 Å². The molecule has 4 amide bonds. The molecule has 3 rings (SSSR count). The molecule has 28 heavy (non-hydrogen) atoms. The Morgan fingerprint density at radius 3 is 2.54 bits per heavy atom. The van der Waals surface area contributed by atoms with Gasteiger partial charge in [-0.05, 0) is 37.0 Å². The lowest BCUT2D eigenvalue weighted by Crippen LogP contribution is -2.49. The minimum absolute atomic E-state index is 0.252. The summed E-state index contributed by atoms with van der Waals surface area (Å²) in [7, 11) is 3.14. The molecule has 1 aromatic carbocycles. The first-order valence-electron chi connectivity index (χ1n) is 9.61. The second-order valence-corrected chi connectivity index (χ2v) is 7.25. The van der Waals surface area contributed by atoms with Gasteiger partial charge in [0.15, 0.2) is 11.5 Å². The third-order valence-corrected chi connectivity index (χ3v) is 5.44. The van der Waals surface area contributed by atoms with Crippen molar-refractivity contribution >= 4 is 17.8 Å². The lowest BCUT2D eigenvalue weighted by atomic mass is 9.82. The summed E-state index contributed by atoms with van der Waals surface area (Å²) in [4.78, 5) is 38.2. The number of hydrogen-bond donors (Lipinski definition) is 2. The zero-order valence-corrected chi connectivity index (χ0v) is 16.4. The number of ether oxygens (including phenoxy) is 2. The van der Waals surface area contributed by atoms with E-state index in [-0.39, 0.29) is 18.4 Å². The first-order valence-corrected chi connectivity index (χ1v) is 9.61. The van der Waals surface area contributed by atoms with Crippen LogP contribution >= 0.6 is 0 Å². The number of urea groups is 1. The Morgan fingerprint density at radius 1 is 1.14 bits per heavy atom. The van der Waals surface area contributed by atoms with Crippen LogP contribution in [0.2, 0.25) is 0 Å². The smallest absolute Gasteiger partial charge is 0.325 e. The van der Waals surface area contributed by atoms with Crippen LogP contribution < -0.4 is 20.1 Å². The average Bonchev–Trinajstić information content (AvgIpc) is 2.92. The van der Waals surface area contributed by atoms with E-state index in [1.807, 2.05) is 18.2 Å². The van der Waals surface area contributed by atoms with E-state index in [1.54, 1.807) is 14.2 Å². The van der Waals surface area contributed by atoms with Gasteiger partial charge in [0.1, 0.15) is 12.1 Å². The number of nitrogens with one attached hydrogen (secondary N) is 2. The fourth-order valence-corrected chi connectivity index (χ4v) is 3.90. The zero-order valence-electron chi connectivity index (χ0n) is 16.4. The Labute approximate surface area is 164 Å². The van der Waals surface area contributed by atoms with E-state index in [9.17, 15) is 14.4 Å². The number of amides is 4. The van der Waals surface area contributed by atoms with Crippen molar-refractivity contribution in [2.24, 2.45) is 0 Å². The Kier molecular flexibility index (Phi) is 6.06. The minimum atomic E-state index is -0.796. The third-order valence-electron chi connectivity index (χ3n) is 5.44. The largest absolute Gasteiger partial charge is 0.493 e. The molecule has 1 heterocycles. The molecule has 2 N–H and O–H groups in total. The summed E-state index contributed by atoms with van der Waals surface area (Å²) in [6, 6.07) is 5.10. The monoisotopic (exact) mass is 389 g/mol. The molecule has 8 nitrogen and oxygen atoms in total. The van der Waals surface area contributed by atoms with Crippen molar-refractivity contribution in [2.75, 3.05) is 27.3 Å². The molecule has 2 fully saturated rings. The van der Waals surface area contributed by atoms with Crippen molar-refractivity contribution in [2.45, 2.75) is 44.1 Å².